The van der Waals surface area contributed by atoms with Gasteiger partial charge in [-0.1, -0.05) is 20.3 Å². The van der Waals surface area contributed by atoms with Crippen molar-refractivity contribution in [2.24, 2.45) is 5.92 Å². The summed E-state index contributed by atoms with van der Waals surface area (Å²) in [5, 5.41) is 12.7. The molecule has 0 aliphatic heterocycles. The molecule has 2 aromatic rings. The first kappa shape index (κ1) is 19.9. The molecule has 0 saturated heterocycles. The van der Waals surface area contributed by atoms with E-state index in [-0.39, 0.29) is 11.5 Å². The van der Waals surface area contributed by atoms with Crippen molar-refractivity contribution in [1.29, 1.82) is 0 Å². The highest BCUT2D eigenvalue weighted by Crippen LogP contribution is 2.29. The number of carboxylic acids is 1. The molecule has 0 bridgehead atoms. The Bertz CT molecular complexity index is 963. The summed E-state index contributed by atoms with van der Waals surface area (Å²) in [5.41, 5.74) is 1.89. The maximum atomic E-state index is 12.4. The standard InChI is InChI=1S/C21H25NO6/c1-4-11(2)18(20(24)25)22-19(23)12(3)27-13-8-9-15-14-6-5-7-16(14)21(26)28-17(15)10-13/h8-12,18H,4-7H2,1-3H3,(H,22,23)(H,24,25)/t11-,12-,18+/m0/s1. The number of carbonyl (C=O) groups is 2. The first-order chi connectivity index (χ1) is 13.3. The average Bonchev–Trinajstić information content (AvgIpc) is 3.15. The number of ether oxygens (including phenoxy) is 1. The summed E-state index contributed by atoms with van der Waals surface area (Å²) in [4.78, 5) is 35.9. The summed E-state index contributed by atoms with van der Waals surface area (Å²) in [7, 11) is 0. The Kier molecular flexibility index (Phi) is 5.72. The van der Waals surface area contributed by atoms with Crippen LogP contribution in [0.5, 0.6) is 5.75 Å². The van der Waals surface area contributed by atoms with Gasteiger partial charge in [0.25, 0.3) is 5.91 Å². The van der Waals surface area contributed by atoms with E-state index >= 15 is 0 Å². The zero-order valence-corrected chi connectivity index (χ0v) is 16.3. The number of carboxylic acid groups (broad SMARTS) is 1. The Morgan fingerprint density at radius 2 is 1.96 bits per heavy atom. The van der Waals surface area contributed by atoms with Crippen molar-refractivity contribution in [3.8, 4) is 5.75 Å². The van der Waals surface area contributed by atoms with Crippen LogP contribution in [0.4, 0.5) is 0 Å². The average molecular weight is 387 g/mol. The number of rotatable bonds is 7. The highest BCUT2D eigenvalue weighted by Gasteiger charge is 2.28. The van der Waals surface area contributed by atoms with Gasteiger partial charge in [-0.15, -0.1) is 0 Å². The van der Waals surface area contributed by atoms with E-state index < -0.39 is 24.0 Å². The molecule has 0 spiro atoms. The van der Waals surface area contributed by atoms with Gasteiger partial charge in [-0.3, -0.25) is 4.79 Å². The van der Waals surface area contributed by atoms with Crippen molar-refractivity contribution in [3.63, 3.8) is 0 Å². The predicted molar refractivity (Wildman–Crippen MR) is 104 cm³/mol. The molecule has 28 heavy (non-hydrogen) atoms. The largest absolute Gasteiger partial charge is 0.481 e. The number of carbonyl (C=O) groups excluding carboxylic acids is 1. The molecule has 1 amide bonds. The summed E-state index contributed by atoms with van der Waals surface area (Å²) in [5.74, 6) is -1.41. The Labute approximate surface area is 162 Å². The smallest absolute Gasteiger partial charge is 0.339 e. The van der Waals surface area contributed by atoms with Crippen molar-refractivity contribution in [3.05, 3.63) is 39.7 Å². The molecule has 1 heterocycles. The van der Waals surface area contributed by atoms with Crippen LogP contribution in [0.15, 0.2) is 27.4 Å². The lowest BCUT2D eigenvalue weighted by atomic mass is 9.99. The molecule has 0 unspecified atom stereocenters. The number of hydrogen-bond acceptors (Lipinski definition) is 5. The molecular formula is C21H25NO6. The van der Waals surface area contributed by atoms with Crippen molar-refractivity contribution in [2.75, 3.05) is 0 Å². The van der Waals surface area contributed by atoms with Crippen LogP contribution in [-0.2, 0) is 22.4 Å². The van der Waals surface area contributed by atoms with Gasteiger partial charge in [0.15, 0.2) is 6.10 Å². The molecule has 150 valence electrons. The van der Waals surface area contributed by atoms with Crippen LogP contribution in [0.3, 0.4) is 0 Å². The van der Waals surface area contributed by atoms with E-state index in [0.717, 1.165) is 35.8 Å². The number of nitrogens with one attached hydrogen (secondary N) is 1. The molecule has 7 nitrogen and oxygen atoms in total. The Morgan fingerprint density at radius 1 is 1.25 bits per heavy atom. The number of amides is 1. The minimum Gasteiger partial charge on any atom is -0.481 e. The first-order valence-electron chi connectivity index (χ1n) is 9.60. The Morgan fingerprint density at radius 3 is 2.64 bits per heavy atom. The molecule has 1 aliphatic carbocycles. The van der Waals surface area contributed by atoms with Crippen LogP contribution in [0, 0.1) is 5.92 Å². The van der Waals surface area contributed by atoms with E-state index in [4.69, 9.17) is 9.15 Å². The van der Waals surface area contributed by atoms with Crippen LogP contribution in [0.25, 0.3) is 11.0 Å². The van der Waals surface area contributed by atoms with Gasteiger partial charge in [-0.2, -0.15) is 0 Å². The lowest BCUT2D eigenvalue weighted by Crippen LogP contribution is -2.49. The van der Waals surface area contributed by atoms with Gasteiger partial charge in [0.1, 0.15) is 17.4 Å². The van der Waals surface area contributed by atoms with Crippen molar-refractivity contribution < 1.29 is 23.8 Å². The molecule has 3 rings (SSSR count). The highest BCUT2D eigenvalue weighted by molar-refractivity contribution is 5.87. The summed E-state index contributed by atoms with van der Waals surface area (Å²) < 4.78 is 11.1. The van der Waals surface area contributed by atoms with E-state index in [9.17, 15) is 19.5 Å². The molecule has 1 aromatic heterocycles. The van der Waals surface area contributed by atoms with E-state index in [1.807, 2.05) is 13.0 Å². The fraction of sp³-hybridized carbons (Fsp3) is 0.476. The molecular weight excluding hydrogens is 362 g/mol. The second-order valence-electron chi connectivity index (χ2n) is 7.33. The number of benzene rings is 1. The molecule has 2 N–H and O–H groups in total. The van der Waals surface area contributed by atoms with Gasteiger partial charge in [0, 0.05) is 17.0 Å². The molecule has 7 heteroatoms. The lowest BCUT2D eigenvalue weighted by Gasteiger charge is -2.22. The second kappa shape index (κ2) is 8.04. The van der Waals surface area contributed by atoms with Crippen LogP contribution < -0.4 is 15.7 Å². The summed E-state index contributed by atoms with van der Waals surface area (Å²) in [6, 6.07) is 4.19. The van der Waals surface area contributed by atoms with Gasteiger partial charge in [0.2, 0.25) is 0 Å². The van der Waals surface area contributed by atoms with Crippen molar-refractivity contribution >= 4 is 22.8 Å². The van der Waals surface area contributed by atoms with Crippen molar-refractivity contribution in [2.45, 2.75) is 58.6 Å². The van der Waals surface area contributed by atoms with E-state index in [1.165, 1.54) is 0 Å². The monoisotopic (exact) mass is 387 g/mol. The predicted octanol–water partition coefficient (Wildman–Crippen LogP) is 2.66. The minimum absolute atomic E-state index is 0.203. The summed E-state index contributed by atoms with van der Waals surface area (Å²) >= 11 is 0. The van der Waals surface area contributed by atoms with Crippen LogP contribution in [-0.4, -0.2) is 29.1 Å². The number of aryl methyl sites for hydroxylation is 1. The SMILES string of the molecule is CC[C@H](C)[C@@H](NC(=O)[C@H](C)Oc1ccc2c3c(c(=O)oc2c1)CCC3)C(=O)O. The number of aliphatic carboxylic acids is 1. The van der Waals surface area contributed by atoms with Crippen LogP contribution >= 0.6 is 0 Å². The molecule has 0 fully saturated rings. The van der Waals surface area contributed by atoms with Gasteiger partial charge in [-0.05, 0) is 49.8 Å². The normalized spacial score (nSPS) is 16.2. The fourth-order valence-electron chi connectivity index (χ4n) is 3.55. The first-order valence-corrected chi connectivity index (χ1v) is 9.60. The fourth-order valence-corrected chi connectivity index (χ4v) is 3.55. The Hall–Kier alpha value is -2.83. The number of fused-ring (bicyclic) bond motifs is 3. The quantitative estimate of drug-likeness (QED) is 0.708. The maximum absolute atomic E-state index is 12.4. The Balaban J connectivity index is 1.76. The summed E-state index contributed by atoms with van der Waals surface area (Å²) in [6.45, 7) is 5.19. The van der Waals surface area contributed by atoms with E-state index in [2.05, 4.69) is 5.32 Å². The van der Waals surface area contributed by atoms with Gasteiger partial charge < -0.3 is 19.6 Å². The maximum Gasteiger partial charge on any atom is 0.339 e. The van der Waals surface area contributed by atoms with Gasteiger partial charge in [-0.25, -0.2) is 9.59 Å². The van der Waals surface area contributed by atoms with E-state index in [1.54, 1.807) is 26.0 Å². The van der Waals surface area contributed by atoms with Crippen LogP contribution in [0.1, 0.15) is 44.7 Å². The molecule has 1 aliphatic rings. The molecule has 3 atom stereocenters. The van der Waals surface area contributed by atoms with Crippen molar-refractivity contribution in [1.82, 2.24) is 5.32 Å². The molecule has 1 aromatic carbocycles. The third-order valence-electron chi connectivity index (χ3n) is 5.40. The van der Waals surface area contributed by atoms with E-state index in [0.29, 0.717) is 17.8 Å². The number of hydrogen-bond donors (Lipinski definition) is 2. The topological polar surface area (TPSA) is 106 Å². The van der Waals surface area contributed by atoms with Crippen LogP contribution in [0.2, 0.25) is 0 Å². The minimum atomic E-state index is -1.07. The highest BCUT2D eigenvalue weighted by atomic mass is 16.5. The van der Waals surface area contributed by atoms with Gasteiger partial charge in [0.05, 0.1) is 0 Å². The van der Waals surface area contributed by atoms with Gasteiger partial charge >= 0.3 is 11.6 Å². The summed E-state index contributed by atoms with van der Waals surface area (Å²) in [6.07, 6.45) is 2.26. The third-order valence-corrected chi connectivity index (χ3v) is 5.40. The zero-order valence-electron chi connectivity index (χ0n) is 16.3. The molecule has 0 radical (unpaired) electrons. The zero-order chi connectivity index (χ0) is 20.4. The second-order valence-corrected chi connectivity index (χ2v) is 7.33. The molecule has 0 saturated carbocycles. The lowest BCUT2D eigenvalue weighted by molar-refractivity contribution is -0.144. The third kappa shape index (κ3) is 3.88.